The molecule has 0 aliphatic carbocycles. The van der Waals surface area contributed by atoms with Crippen LogP contribution in [0.1, 0.15) is 165 Å². The minimum absolute atomic E-state index is 0.0222. The third-order valence-corrected chi connectivity index (χ3v) is 26.8. The molecule has 140 heavy (non-hydrogen) atoms. The van der Waals surface area contributed by atoms with Crippen LogP contribution in [0.4, 0.5) is 0 Å². The second kappa shape index (κ2) is 47.5. The first-order chi connectivity index (χ1) is 67.0. The van der Waals surface area contributed by atoms with Crippen molar-refractivity contribution in [2.24, 2.45) is 0 Å². The van der Waals surface area contributed by atoms with Crippen LogP contribution in [0.2, 0.25) is 0 Å². The van der Waals surface area contributed by atoms with E-state index in [4.69, 9.17) is 14.9 Å². The maximum absolute atomic E-state index is 16.2. The molecule has 0 aromatic heterocycles. The molecule has 734 valence electrons. The quantitative estimate of drug-likeness (QED) is 0.00730. The van der Waals surface area contributed by atoms with Gasteiger partial charge in [0.25, 0.3) is 10.0 Å². The van der Waals surface area contributed by atoms with Crippen molar-refractivity contribution in [1.29, 1.82) is 5.41 Å². The number of carbonyl (C=O) groups is 11. The van der Waals surface area contributed by atoms with E-state index in [0.717, 1.165) is 11.1 Å². The monoisotopic (exact) mass is 1920 g/mol. The molecule has 0 radical (unpaired) electrons. The number of rotatable bonds is 44. The number of likely N-dealkylation sites (tertiary alicyclic amines) is 1. The number of carbonyl (C=O) groups excluding carboxylic acids is 10. The van der Waals surface area contributed by atoms with Crippen LogP contribution < -0.4 is 72.7 Å². The van der Waals surface area contributed by atoms with Crippen LogP contribution >= 0.6 is 0 Å². The number of hydrogen-bond acceptors (Lipinski definition) is 17. The summed E-state index contributed by atoms with van der Waals surface area (Å²) in [6.07, 6.45) is -1.87. The normalized spacial score (nSPS) is 14.8. The smallest absolute Gasteiger partial charge is 0.326 e. The summed E-state index contributed by atoms with van der Waals surface area (Å²) in [5, 5.41) is 51.1. The molecular formula is C109H126N14O16S. The van der Waals surface area contributed by atoms with Gasteiger partial charge in [-0.3, -0.25) is 53.4 Å². The molecule has 0 spiro atoms. The number of guanidine groups is 1. The highest BCUT2D eigenvalue weighted by atomic mass is 32.2. The summed E-state index contributed by atoms with van der Waals surface area (Å²) in [5.41, 5.74) is 4.37. The van der Waals surface area contributed by atoms with Crippen LogP contribution in [-0.4, -0.2) is 176 Å². The number of nitrogens with zero attached hydrogens (tertiary/aromatic N) is 1. The Morgan fingerprint density at radius 2 is 0.886 bits per heavy atom. The van der Waals surface area contributed by atoms with E-state index in [1.165, 1.54) is 11.8 Å². The number of likely N-dealkylation sites (N-methyl/N-ethyl adjacent to an activating group) is 1. The standard InChI is InChI=1S/C109H126N14O16S/c1-70-71(2)96(72(3)84-68-107(8,9)139-95(70)84)140(136,137)122-105(110)112-63-35-53-85(98(128)119-90(104(134)135)67-75-39-21-12-22-40-75)116-99(129)86(59-61-92(124)120-108(77-41-23-13-24-42-77,78-43-25-14-26-44-78)79-45-27-15-28-46-79)117-102(132)91-54-36-64-123(91)103(133)87(60-62-93(125)121-109(80-47-29-16-30-48-80,81-49-31-17-32-50-81)82-51-33-18-34-52-82)118-101(131)89(66-74-37-19-11-20-38-74)115-94(126)69-113-97(127)73(4)114-100(130)88(111-10)65-76-55-57-83(58-56-76)138-106(5,6)7/h11-34,37-52,55-58,73,85-91,111H,35-36,53-54,59-69H2,1-10H3,(H,113,127)(H,114,130)(H,115,126)(H,116,129)(H,117,132)(H,118,131)(H,119,128)(H,120,124)(H,121,125)(H,134,135)(H3,110,112,122)/t73-,85+,86+,87+,88+,89+,90+,91+/m1/s1. The SMILES string of the molecule is CN[C@@H](Cc1ccc(OC(C)(C)C)cc1)C(=O)N[C@H](C)C(=O)NCC(=O)N[C@@H](Cc1ccccc1)C(=O)N[C@@H](CCC(=O)NC(c1ccccc1)(c1ccccc1)c1ccccc1)C(=O)N1CCC[C@H]1C(=O)N[C@@H](CCC(=O)NC(c1ccccc1)(c1ccccc1)c1ccccc1)C(=O)N[C@@H](CCCNC(=N)NS(=O)(=O)c1c(C)c(C)c2c(c1C)CC(C)(C)O2)C(=O)N[C@@H](Cc1ccccc1)C(=O)O. The van der Waals surface area contributed by atoms with Crippen LogP contribution in [0.25, 0.3) is 0 Å². The van der Waals surface area contributed by atoms with Gasteiger partial charge >= 0.3 is 5.97 Å². The van der Waals surface area contributed by atoms with Gasteiger partial charge in [0, 0.05) is 50.8 Å². The lowest BCUT2D eigenvalue weighted by Gasteiger charge is -2.37. The van der Waals surface area contributed by atoms with Crippen molar-refractivity contribution in [2.75, 3.05) is 26.7 Å². The highest BCUT2D eigenvalue weighted by Gasteiger charge is 2.45. The third-order valence-electron chi connectivity index (χ3n) is 25.2. The molecule has 0 unspecified atom stereocenters. The maximum atomic E-state index is 16.2. The van der Waals surface area contributed by atoms with Crippen molar-refractivity contribution in [3.63, 3.8) is 0 Å². The first-order valence-electron chi connectivity index (χ1n) is 47.2. The zero-order chi connectivity index (χ0) is 100. The van der Waals surface area contributed by atoms with Gasteiger partial charge in [0.15, 0.2) is 0 Å². The van der Waals surface area contributed by atoms with Crippen LogP contribution in [0.3, 0.4) is 0 Å². The Bertz CT molecular complexity index is 5940. The second-order valence-corrected chi connectivity index (χ2v) is 38.7. The Hall–Kier alpha value is -14.9. The minimum Gasteiger partial charge on any atom is -0.488 e. The molecule has 10 aromatic carbocycles. The Kier molecular flexibility index (Phi) is 35.3. The van der Waals surface area contributed by atoms with Crippen LogP contribution in [0.15, 0.2) is 272 Å². The topological polar surface area (TPSA) is 432 Å². The van der Waals surface area contributed by atoms with E-state index >= 15 is 33.6 Å². The summed E-state index contributed by atoms with van der Waals surface area (Å²) in [5.74, 6) is -8.84. The average molecular weight is 1920 g/mol. The predicted molar refractivity (Wildman–Crippen MR) is 534 cm³/mol. The molecule has 30 nitrogen and oxygen atoms in total. The van der Waals surface area contributed by atoms with E-state index in [0.29, 0.717) is 79.1 Å². The van der Waals surface area contributed by atoms with E-state index in [2.05, 4.69) is 63.2 Å². The summed E-state index contributed by atoms with van der Waals surface area (Å²) in [7, 11) is -2.82. The summed E-state index contributed by atoms with van der Waals surface area (Å²) in [6.45, 7) is 15.2. The molecule has 31 heteroatoms. The lowest BCUT2D eigenvalue weighted by atomic mass is 9.77. The number of carboxylic acid groups (broad SMARTS) is 1. The fourth-order valence-corrected chi connectivity index (χ4v) is 19.6. The van der Waals surface area contributed by atoms with Crippen LogP contribution in [0.5, 0.6) is 11.5 Å². The molecule has 2 aliphatic heterocycles. The van der Waals surface area contributed by atoms with Crippen molar-refractivity contribution in [3.05, 3.63) is 339 Å². The van der Waals surface area contributed by atoms with Crippen LogP contribution in [0, 0.1) is 26.2 Å². The Balaban J connectivity index is 0.847. The fraction of sp³-hybridized carbons (Fsp3) is 0.339. The number of sulfonamides is 1. The predicted octanol–water partition coefficient (Wildman–Crippen LogP) is 10.3. The van der Waals surface area contributed by atoms with Gasteiger partial charge in [-0.25, -0.2) is 17.9 Å². The third kappa shape index (κ3) is 26.9. The number of aliphatic carboxylic acids is 1. The highest BCUT2D eigenvalue weighted by Crippen LogP contribution is 2.45. The van der Waals surface area contributed by atoms with Crippen molar-refractivity contribution >= 4 is 81.0 Å². The van der Waals surface area contributed by atoms with Gasteiger partial charge in [-0.1, -0.05) is 255 Å². The van der Waals surface area contributed by atoms with Gasteiger partial charge in [0.1, 0.15) is 76.1 Å². The van der Waals surface area contributed by atoms with Gasteiger partial charge < -0.3 is 78.0 Å². The summed E-state index contributed by atoms with van der Waals surface area (Å²) >= 11 is 0. The fourth-order valence-electron chi connectivity index (χ4n) is 18.1. The molecule has 8 atom stereocenters. The zero-order valence-corrected chi connectivity index (χ0v) is 81.4. The Morgan fingerprint density at radius 3 is 1.34 bits per heavy atom. The first-order valence-corrected chi connectivity index (χ1v) is 48.7. The van der Waals surface area contributed by atoms with Crippen molar-refractivity contribution in [3.8, 4) is 11.5 Å². The van der Waals surface area contributed by atoms with Crippen molar-refractivity contribution in [2.45, 2.75) is 215 Å². The minimum atomic E-state index is -4.43. The van der Waals surface area contributed by atoms with E-state index in [-0.39, 0.29) is 62.9 Å². The molecule has 10 amide bonds. The van der Waals surface area contributed by atoms with Crippen molar-refractivity contribution < 1.29 is 75.7 Å². The summed E-state index contributed by atoms with van der Waals surface area (Å²) in [6, 6.07) is 68.4. The lowest BCUT2D eigenvalue weighted by Crippen LogP contribution is -2.60. The van der Waals surface area contributed by atoms with E-state index in [9.17, 15) is 32.7 Å². The first kappa shape index (κ1) is 104. The number of carboxylic acids is 1. The number of ether oxygens (including phenoxy) is 2. The maximum Gasteiger partial charge on any atom is 0.326 e. The Labute approximate surface area is 817 Å². The van der Waals surface area contributed by atoms with E-state index in [1.54, 1.807) is 88.5 Å². The van der Waals surface area contributed by atoms with E-state index < -0.39 is 184 Å². The van der Waals surface area contributed by atoms with Crippen LogP contribution in [-0.2, 0) is 99.5 Å². The molecule has 2 heterocycles. The van der Waals surface area contributed by atoms with Gasteiger partial charge in [-0.05, 0) is 193 Å². The largest absolute Gasteiger partial charge is 0.488 e. The molecule has 0 bridgehead atoms. The molecule has 10 aromatic rings. The number of amides is 10. The molecule has 14 N–H and O–H groups in total. The van der Waals surface area contributed by atoms with Gasteiger partial charge in [-0.15, -0.1) is 0 Å². The zero-order valence-electron chi connectivity index (χ0n) is 80.6. The second-order valence-electron chi connectivity index (χ2n) is 37.1. The highest BCUT2D eigenvalue weighted by molar-refractivity contribution is 7.90. The molecule has 1 fully saturated rings. The Morgan fingerprint density at radius 1 is 0.479 bits per heavy atom. The van der Waals surface area contributed by atoms with Gasteiger partial charge in [0.2, 0.25) is 65.0 Å². The number of fused-ring (bicyclic) bond motifs is 1. The van der Waals surface area contributed by atoms with Gasteiger partial charge in [0.05, 0.1) is 17.5 Å². The number of nitrogens with one attached hydrogen (secondary N) is 13. The molecule has 12 rings (SSSR count). The molecule has 0 saturated carbocycles. The molecule has 2 aliphatic rings. The molecular weight excluding hydrogens is 1790 g/mol. The van der Waals surface area contributed by atoms with E-state index in [1.807, 2.05) is 241 Å². The number of benzene rings is 10. The molecule has 1 saturated heterocycles. The lowest BCUT2D eigenvalue weighted by molar-refractivity contribution is -0.143. The summed E-state index contributed by atoms with van der Waals surface area (Å²) < 4.78 is 43.3. The summed E-state index contributed by atoms with van der Waals surface area (Å²) in [4.78, 5) is 166. The average Bonchev–Trinajstić information content (AvgIpc) is 0.970. The number of hydrogen-bond donors (Lipinski definition) is 14. The van der Waals surface area contributed by atoms with Crippen molar-refractivity contribution in [1.82, 2.24) is 68.1 Å². The van der Waals surface area contributed by atoms with Gasteiger partial charge in [-0.2, -0.15) is 0 Å².